The van der Waals surface area contributed by atoms with E-state index >= 15 is 0 Å². The zero-order valence-corrected chi connectivity index (χ0v) is 8.92. The van der Waals surface area contributed by atoms with Crippen molar-refractivity contribution in [3.8, 4) is 0 Å². The molecule has 0 amide bonds. The molecular weight excluding hydrogens is 168 g/mol. The molecule has 0 aliphatic rings. The van der Waals surface area contributed by atoms with E-state index < -0.39 is 0 Å². The van der Waals surface area contributed by atoms with Crippen LogP contribution in [0.5, 0.6) is 0 Å². The largest absolute Gasteiger partial charge is 0.392 e. The summed E-state index contributed by atoms with van der Waals surface area (Å²) in [5.41, 5.74) is 0. The van der Waals surface area contributed by atoms with Gasteiger partial charge in [0.15, 0.2) is 0 Å². The number of rotatable bonds is 8. The summed E-state index contributed by atoms with van der Waals surface area (Å²) in [4.78, 5) is 2.19. The van der Waals surface area contributed by atoms with Crippen LogP contribution in [-0.4, -0.2) is 63.1 Å². The second kappa shape index (κ2) is 8.44. The summed E-state index contributed by atoms with van der Waals surface area (Å²) in [6, 6.07) is 0. The zero-order valence-electron chi connectivity index (χ0n) is 8.92. The molecule has 13 heavy (non-hydrogen) atoms. The highest BCUT2D eigenvalue weighted by molar-refractivity contribution is 4.56. The quantitative estimate of drug-likeness (QED) is 0.508. The fraction of sp³-hybridized carbons (Fsp3) is 1.00. The van der Waals surface area contributed by atoms with Gasteiger partial charge in [0.1, 0.15) is 0 Å². The minimum atomic E-state index is -0.260. The van der Waals surface area contributed by atoms with Crippen molar-refractivity contribution in [1.29, 1.82) is 0 Å². The second-order valence-corrected chi connectivity index (χ2v) is 3.35. The lowest BCUT2D eigenvalue weighted by Crippen LogP contribution is -2.34. The first-order valence-electron chi connectivity index (χ1n) is 4.73. The zero-order chi connectivity index (χ0) is 10.1. The van der Waals surface area contributed by atoms with Gasteiger partial charge < -0.3 is 20.1 Å². The Balaban J connectivity index is 3.12. The highest BCUT2D eigenvalue weighted by atomic mass is 16.5. The van der Waals surface area contributed by atoms with Crippen molar-refractivity contribution in [1.82, 2.24) is 10.2 Å². The van der Waals surface area contributed by atoms with Crippen molar-refractivity contribution in [3.05, 3.63) is 0 Å². The maximum atomic E-state index is 8.96. The summed E-state index contributed by atoms with van der Waals surface area (Å²) in [5.74, 6) is 0. The molecule has 0 aliphatic carbocycles. The van der Waals surface area contributed by atoms with Gasteiger partial charge in [-0.1, -0.05) is 0 Å². The molecule has 0 saturated carbocycles. The highest BCUT2D eigenvalue weighted by Gasteiger charge is 1.97. The number of nitrogens with one attached hydrogen (secondary N) is 1. The Kier molecular flexibility index (Phi) is 8.33. The molecule has 0 radical (unpaired) electrons. The van der Waals surface area contributed by atoms with Crippen LogP contribution in [0.4, 0.5) is 0 Å². The van der Waals surface area contributed by atoms with Gasteiger partial charge in [-0.3, -0.25) is 0 Å². The first-order chi connectivity index (χ1) is 6.16. The minimum Gasteiger partial charge on any atom is -0.392 e. The Labute approximate surface area is 80.9 Å². The summed E-state index contributed by atoms with van der Waals surface area (Å²) < 4.78 is 4.95. The third kappa shape index (κ3) is 9.76. The SMILES string of the molecule is COCCN(C)CCNC[C@@H](C)O. The number of ether oxygens (including phenoxy) is 1. The first kappa shape index (κ1) is 12.8. The molecule has 4 nitrogen and oxygen atoms in total. The number of hydrogen-bond donors (Lipinski definition) is 2. The molecule has 0 aromatic heterocycles. The first-order valence-corrected chi connectivity index (χ1v) is 4.73. The van der Waals surface area contributed by atoms with Gasteiger partial charge >= 0.3 is 0 Å². The van der Waals surface area contributed by atoms with Gasteiger partial charge in [0.2, 0.25) is 0 Å². The number of nitrogens with zero attached hydrogens (tertiary/aromatic N) is 1. The maximum Gasteiger partial charge on any atom is 0.0636 e. The van der Waals surface area contributed by atoms with E-state index in [0.29, 0.717) is 6.54 Å². The van der Waals surface area contributed by atoms with Gasteiger partial charge in [0, 0.05) is 33.3 Å². The van der Waals surface area contributed by atoms with E-state index in [-0.39, 0.29) is 6.10 Å². The third-order valence-corrected chi connectivity index (χ3v) is 1.79. The lowest BCUT2D eigenvalue weighted by atomic mass is 10.4. The molecule has 0 fully saturated rings. The molecular formula is C9H22N2O2. The molecule has 0 rings (SSSR count). The van der Waals surface area contributed by atoms with E-state index in [1.807, 2.05) is 0 Å². The van der Waals surface area contributed by atoms with Crippen LogP contribution in [-0.2, 0) is 4.74 Å². The smallest absolute Gasteiger partial charge is 0.0636 e. The van der Waals surface area contributed by atoms with Gasteiger partial charge in [-0.05, 0) is 14.0 Å². The molecule has 0 heterocycles. The standard InChI is InChI=1S/C9H22N2O2/c1-9(12)8-10-4-5-11(2)6-7-13-3/h9-10,12H,4-8H2,1-3H3/t9-/m1/s1. The minimum absolute atomic E-state index is 0.260. The molecule has 0 aromatic carbocycles. The lowest BCUT2D eigenvalue weighted by molar-refractivity contribution is 0.158. The average Bonchev–Trinajstić information content (AvgIpc) is 2.08. The van der Waals surface area contributed by atoms with Crippen LogP contribution in [0.3, 0.4) is 0 Å². The van der Waals surface area contributed by atoms with Crippen LogP contribution >= 0.6 is 0 Å². The van der Waals surface area contributed by atoms with E-state index in [0.717, 1.165) is 26.2 Å². The fourth-order valence-corrected chi connectivity index (χ4v) is 0.940. The normalized spacial score (nSPS) is 13.6. The molecule has 0 aromatic rings. The summed E-state index contributed by atoms with van der Waals surface area (Å²) in [7, 11) is 3.77. The van der Waals surface area contributed by atoms with Gasteiger partial charge in [0.25, 0.3) is 0 Å². The molecule has 1 atom stereocenters. The molecule has 0 saturated heterocycles. The number of aliphatic hydroxyl groups is 1. The molecule has 2 N–H and O–H groups in total. The van der Waals surface area contributed by atoms with Crippen molar-refractivity contribution in [2.75, 3.05) is 46.9 Å². The number of aliphatic hydroxyl groups excluding tert-OH is 1. The third-order valence-electron chi connectivity index (χ3n) is 1.79. The Hall–Kier alpha value is -0.160. The van der Waals surface area contributed by atoms with Gasteiger partial charge in [-0.25, -0.2) is 0 Å². The van der Waals surface area contributed by atoms with Crippen LogP contribution < -0.4 is 5.32 Å². The topological polar surface area (TPSA) is 44.7 Å². The van der Waals surface area contributed by atoms with Crippen molar-refractivity contribution in [2.45, 2.75) is 13.0 Å². The van der Waals surface area contributed by atoms with E-state index in [4.69, 9.17) is 9.84 Å². The molecule has 0 spiro atoms. The van der Waals surface area contributed by atoms with Crippen LogP contribution in [0.15, 0.2) is 0 Å². The van der Waals surface area contributed by atoms with Gasteiger partial charge in [0.05, 0.1) is 12.7 Å². The Bertz CT molecular complexity index is 110. The van der Waals surface area contributed by atoms with E-state index in [1.54, 1.807) is 14.0 Å². The Morgan fingerprint density at radius 2 is 2.15 bits per heavy atom. The number of likely N-dealkylation sites (N-methyl/N-ethyl adjacent to an activating group) is 1. The number of methoxy groups -OCH3 is 1. The van der Waals surface area contributed by atoms with E-state index in [9.17, 15) is 0 Å². The predicted molar refractivity (Wildman–Crippen MR) is 53.9 cm³/mol. The summed E-state index contributed by atoms with van der Waals surface area (Å²) in [6.07, 6.45) is -0.260. The molecule has 0 bridgehead atoms. The molecule has 0 unspecified atom stereocenters. The maximum absolute atomic E-state index is 8.96. The Morgan fingerprint density at radius 1 is 1.46 bits per heavy atom. The monoisotopic (exact) mass is 190 g/mol. The summed E-state index contributed by atoms with van der Waals surface area (Å²) >= 11 is 0. The molecule has 4 heteroatoms. The summed E-state index contributed by atoms with van der Waals surface area (Å²) in [6.45, 7) is 6.06. The van der Waals surface area contributed by atoms with Crippen molar-refractivity contribution >= 4 is 0 Å². The van der Waals surface area contributed by atoms with Gasteiger partial charge in [-0.2, -0.15) is 0 Å². The van der Waals surface area contributed by atoms with Crippen molar-refractivity contribution in [2.24, 2.45) is 0 Å². The Morgan fingerprint density at radius 3 is 2.69 bits per heavy atom. The van der Waals surface area contributed by atoms with Crippen LogP contribution in [0.25, 0.3) is 0 Å². The molecule has 80 valence electrons. The fourth-order valence-electron chi connectivity index (χ4n) is 0.940. The second-order valence-electron chi connectivity index (χ2n) is 3.35. The van der Waals surface area contributed by atoms with E-state index in [1.165, 1.54) is 0 Å². The average molecular weight is 190 g/mol. The lowest BCUT2D eigenvalue weighted by Gasteiger charge is -2.16. The van der Waals surface area contributed by atoms with Gasteiger partial charge in [-0.15, -0.1) is 0 Å². The highest BCUT2D eigenvalue weighted by Crippen LogP contribution is 1.81. The molecule has 0 aliphatic heterocycles. The number of hydrogen-bond acceptors (Lipinski definition) is 4. The van der Waals surface area contributed by atoms with Crippen LogP contribution in [0, 0.1) is 0 Å². The van der Waals surface area contributed by atoms with Crippen LogP contribution in [0.1, 0.15) is 6.92 Å². The van der Waals surface area contributed by atoms with E-state index in [2.05, 4.69) is 17.3 Å². The summed E-state index contributed by atoms with van der Waals surface area (Å²) in [5, 5.41) is 12.1. The predicted octanol–water partition coefficient (Wildman–Crippen LogP) is -0.465. The van der Waals surface area contributed by atoms with Crippen LogP contribution in [0.2, 0.25) is 0 Å². The van der Waals surface area contributed by atoms with Crippen molar-refractivity contribution < 1.29 is 9.84 Å². The van der Waals surface area contributed by atoms with Crippen molar-refractivity contribution in [3.63, 3.8) is 0 Å².